The molecule has 0 aliphatic carbocycles. The SMILES string of the molecule is Nc1nc(C(F)(F)F)cc(=O)n1/N=C\c1ccc2c(c1)OCO2. The van der Waals surface area contributed by atoms with Crippen LogP contribution in [0.25, 0.3) is 0 Å². The summed E-state index contributed by atoms with van der Waals surface area (Å²) in [6.07, 6.45) is -3.51. The number of hydrogen-bond donors (Lipinski definition) is 1. The molecule has 2 N–H and O–H groups in total. The van der Waals surface area contributed by atoms with Gasteiger partial charge in [0.15, 0.2) is 17.2 Å². The summed E-state index contributed by atoms with van der Waals surface area (Å²) in [4.78, 5) is 14.8. The van der Waals surface area contributed by atoms with E-state index in [-0.39, 0.29) is 6.79 Å². The molecule has 0 atom stereocenters. The second-order valence-electron chi connectivity index (χ2n) is 4.50. The summed E-state index contributed by atoms with van der Waals surface area (Å²) in [6, 6.07) is 5.20. The minimum atomic E-state index is -4.76. The molecule has 1 aliphatic rings. The fourth-order valence-corrected chi connectivity index (χ4v) is 1.87. The van der Waals surface area contributed by atoms with Crippen molar-refractivity contribution in [2.24, 2.45) is 5.10 Å². The number of fused-ring (bicyclic) bond motifs is 1. The van der Waals surface area contributed by atoms with E-state index in [0.29, 0.717) is 27.8 Å². The number of alkyl halides is 3. The predicted molar refractivity (Wildman–Crippen MR) is 73.5 cm³/mol. The van der Waals surface area contributed by atoms with E-state index in [1.807, 2.05) is 0 Å². The Balaban J connectivity index is 1.92. The van der Waals surface area contributed by atoms with Crippen molar-refractivity contribution in [2.45, 2.75) is 6.18 Å². The topological polar surface area (TPSA) is 91.7 Å². The van der Waals surface area contributed by atoms with Crippen LogP contribution in [0.3, 0.4) is 0 Å². The second-order valence-corrected chi connectivity index (χ2v) is 4.50. The summed E-state index contributed by atoms with van der Waals surface area (Å²) in [7, 11) is 0. The molecule has 1 aliphatic heterocycles. The number of anilines is 1. The van der Waals surface area contributed by atoms with Gasteiger partial charge in [-0.25, -0.2) is 4.98 Å². The normalized spacial score (nSPS) is 13.7. The van der Waals surface area contributed by atoms with E-state index < -0.39 is 23.4 Å². The first-order valence-corrected chi connectivity index (χ1v) is 6.25. The first-order valence-electron chi connectivity index (χ1n) is 6.25. The highest BCUT2D eigenvalue weighted by Gasteiger charge is 2.33. The maximum Gasteiger partial charge on any atom is 0.433 e. The molecule has 2 heterocycles. The largest absolute Gasteiger partial charge is 0.454 e. The van der Waals surface area contributed by atoms with E-state index in [2.05, 4.69) is 10.1 Å². The van der Waals surface area contributed by atoms with Gasteiger partial charge in [0.2, 0.25) is 12.7 Å². The fourth-order valence-electron chi connectivity index (χ4n) is 1.87. The molecule has 0 saturated carbocycles. The molecule has 0 unspecified atom stereocenters. The van der Waals surface area contributed by atoms with Gasteiger partial charge in [0, 0.05) is 6.07 Å². The van der Waals surface area contributed by atoms with Crippen molar-refractivity contribution in [3.8, 4) is 11.5 Å². The van der Waals surface area contributed by atoms with Crippen molar-refractivity contribution >= 4 is 12.2 Å². The predicted octanol–water partition coefficient (Wildman–Crippen LogP) is 1.46. The number of aromatic nitrogens is 2. The molecule has 2 aromatic rings. The van der Waals surface area contributed by atoms with Gasteiger partial charge < -0.3 is 15.2 Å². The Morgan fingerprint density at radius 3 is 2.70 bits per heavy atom. The van der Waals surface area contributed by atoms with E-state index in [4.69, 9.17) is 15.2 Å². The van der Waals surface area contributed by atoms with Crippen molar-refractivity contribution in [1.29, 1.82) is 0 Å². The Labute approximate surface area is 126 Å². The highest BCUT2D eigenvalue weighted by atomic mass is 19.4. The number of hydrogen-bond acceptors (Lipinski definition) is 6. The molecule has 3 rings (SSSR count). The van der Waals surface area contributed by atoms with E-state index in [1.54, 1.807) is 18.2 Å². The summed E-state index contributed by atoms with van der Waals surface area (Å²) in [5.74, 6) is 0.400. The lowest BCUT2D eigenvalue weighted by Gasteiger charge is -2.08. The van der Waals surface area contributed by atoms with Crippen LogP contribution in [-0.4, -0.2) is 22.7 Å². The highest BCUT2D eigenvalue weighted by Crippen LogP contribution is 2.32. The van der Waals surface area contributed by atoms with Crippen molar-refractivity contribution in [2.75, 3.05) is 12.5 Å². The van der Waals surface area contributed by atoms with Gasteiger partial charge >= 0.3 is 6.18 Å². The van der Waals surface area contributed by atoms with Gasteiger partial charge in [-0.05, 0) is 23.8 Å². The Hall–Kier alpha value is -3.04. The van der Waals surface area contributed by atoms with Crippen LogP contribution in [-0.2, 0) is 6.18 Å². The second kappa shape index (κ2) is 5.30. The molecule has 0 bridgehead atoms. The standard InChI is InChI=1S/C13H9F3N4O3/c14-13(15,16)10-4-11(21)20(12(17)19-10)18-5-7-1-2-8-9(3-7)23-6-22-8/h1-5H,6H2,(H2,17,19)/b18-5-. The molecular weight excluding hydrogens is 317 g/mol. The maximum atomic E-state index is 12.5. The molecule has 120 valence electrons. The van der Waals surface area contributed by atoms with Crippen LogP contribution < -0.4 is 20.8 Å². The Bertz CT molecular complexity index is 845. The van der Waals surface area contributed by atoms with Gasteiger partial charge in [0.05, 0.1) is 6.21 Å². The third-order valence-electron chi connectivity index (χ3n) is 2.93. The van der Waals surface area contributed by atoms with Gasteiger partial charge in [-0.3, -0.25) is 4.79 Å². The monoisotopic (exact) mass is 326 g/mol. The quantitative estimate of drug-likeness (QED) is 0.844. The number of halogens is 3. The zero-order chi connectivity index (χ0) is 16.6. The summed E-state index contributed by atoms with van der Waals surface area (Å²) in [5.41, 5.74) is 3.50. The van der Waals surface area contributed by atoms with E-state index >= 15 is 0 Å². The third-order valence-corrected chi connectivity index (χ3v) is 2.93. The van der Waals surface area contributed by atoms with Crippen LogP contribution in [0.2, 0.25) is 0 Å². The number of nitrogen functional groups attached to an aromatic ring is 1. The van der Waals surface area contributed by atoms with Gasteiger partial charge in [0.1, 0.15) is 0 Å². The van der Waals surface area contributed by atoms with Crippen LogP contribution in [0.4, 0.5) is 19.1 Å². The van der Waals surface area contributed by atoms with Gasteiger partial charge in [-0.1, -0.05) is 0 Å². The first-order chi connectivity index (χ1) is 10.8. The van der Waals surface area contributed by atoms with Crippen molar-refractivity contribution in [3.05, 3.63) is 45.9 Å². The minimum absolute atomic E-state index is 0.102. The van der Waals surface area contributed by atoms with Crippen LogP contribution in [0.15, 0.2) is 34.2 Å². The van der Waals surface area contributed by atoms with Gasteiger partial charge in [-0.15, -0.1) is 0 Å². The summed E-state index contributed by atoms with van der Waals surface area (Å²) in [5, 5.41) is 3.75. The number of ether oxygens (including phenoxy) is 2. The molecule has 1 aromatic heterocycles. The molecule has 23 heavy (non-hydrogen) atoms. The Morgan fingerprint density at radius 2 is 2.00 bits per heavy atom. The molecule has 1 aromatic carbocycles. The lowest BCUT2D eigenvalue weighted by Crippen LogP contribution is -2.24. The molecular formula is C13H9F3N4O3. The number of rotatable bonds is 2. The lowest BCUT2D eigenvalue weighted by atomic mass is 10.2. The maximum absolute atomic E-state index is 12.5. The molecule has 0 saturated heterocycles. The highest BCUT2D eigenvalue weighted by molar-refractivity contribution is 5.81. The summed E-state index contributed by atoms with van der Waals surface area (Å²) in [6.45, 7) is 0.102. The van der Waals surface area contributed by atoms with Crippen LogP contribution in [0.1, 0.15) is 11.3 Å². The van der Waals surface area contributed by atoms with E-state index in [9.17, 15) is 18.0 Å². The van der Waals surface area contributed by atoms with E-state index in [1.165, 1.54) is 6.21 Å². The molecule has 0 spiro atoms. The van der Waals surface area contributed by atoms with Crippen LogP contribution in [0.5, 0.6) is 11.5 Å². The average Bonchev–Trinajstić information content (AvgIpc) is 2.92. The average molecular weight is 326 g/mol. The smallest absolute Gasteiger partial charge is 0.433 e. The Kier molecular flexibility index (Phi) is 3.43. The van der Waals surface area contributed by atoms with E-state index in [0.717, 1.165) is 0 Å². The molecule has 0 amide bonds. The fraction of sp³-hybridized carbons (Fsp3) is 0.154. The van der Waals surface area contributed by atoms with Crippen molar-refractivity contribution < 1.29 is 22.6 Å². The zero-order valence-electron chi connectivity index (χ0n) is 11.4. The number of nitrogens with two attached hydrogens (primary N) is 1. The Morgan fingerprint density at radius 1 is 1.26 bits per heavy atom. The first kappa shape index (κ1) is 14.9. The summed E-state index contributed by atoms with van der Waals surface area (Å²) >= 11 is 0. The summed E-state index contributed by atoms with van der Waals surface area (Å²) < 4.78 is 48.5. The van der Waals surface area contributed by atoms with Crippen LogP contribution in [0, 0.1) is 0 Å². The van der Waals surface area contributed by atoms with Crippen molar-refractivity contribution in [1.82, 2.24) is 9.66 Å². The lowest BCUT2D eigenvalue weighted by molar-refractivity contribution is -0.141. The third kappa shape index (κ3) is 2.96. The van der Waals surface area contributed by atoms with Gasteiger partial charge in [-0.2, -0.15) is 22.9 Å². The molecule has 7 nitrogen and oxygen atoms in total. The van der Waals surface area contributed by atoms with Gasteiger partial charge in [0.25, 0.3) is 5.56 Å². The molecule has 0 fully saturated rings. The molecule has 0 radical (unpaired) electrons. The molecule has 10 heteroatoms. The zero-order valence-corrected chi connectivity index (χ0v) is 11.4. The minimum Gasteiger partial charge on any atom is -0.454 e. The van der Waals surface area contributed by atoms with Crippen molar-refractivity contribution in [3.63, 3.8) is 0 Å². The number of nitrogens with zero attached hydrogens (tertiary/aromatic N) is 3. The number of benzene rings is 1. The van der Waals surface area contributed by atoms with Crippen LogP contribution >= 0.6 is 0 Å².